The summed E-state index contributed by atoms with van der Waals surface area (Å²) in [4.78, 5) is 10.8. The van der Waals surface area contributed by atoms with Crippen molar-refractivity contribution in [2.45, 2.75) is 44.2 Å². The third-order valence-corrected chi connectivity index (χ3v) is 2.57. The molecule has 2 N–H and O–H groups in total. The first-order chi connectivity index (χ1) is 6.03. The highest BCUT2D eigenvalue weighted by molar-refractivity contribution is 5.67. The highest BCUT2D eigenvalue weighted by Gasteiger charge is 2.29. The Morgan fingerprint density at radius 1 is 1.54 bits per heavy atom. The number of carbonyl (C=O) groups excluding carboxylic acids is 1. The molecule has 4 nitrogen and oxygen atoms in total. The summed E-state index contributed by atoms with van der Waals surface area (Å²) >= 11 is 0. The molecule has 0 aromatic rings. The van der Waals surface area contributed by atoms with Gasteiger partial charge in [0.2, 0.25) is 0 Å². The number of ether oxygens (including phenoxy) is 1. The Morgan fingerprint density at radius 2 is 2.08 bits per heavy atom. The molecule has 1 fully saturated rings. The maximum atomic E-state index is 10.8. The number of hydrogen-bond acceptors (Lipinski definition) is 3. The van der Waals surface area contributed by atoms with Crippen molar-refractivity contribution < 1.29 is 14.6 Å². The van der Waals surface area contributed by atoms with Crippen molar-refractivity contribution in [1.29, 1.82) is 0 Å². The van der Waals surface area contributed by atoms with Gasteiger partial charge in [0.25, 0.3) is 0 Å². The first-order valence-corrected chi connectivity index (χ1v) is 4.60. The number of aliphatic hydroxyl groups is 1. The summed E-state index contributed by atoms with van der Waals surface area (Å²) in [5.74, 6) is 0. The zero-order valence-corrected chi connectivity index (χ0v) is 8.17. The molecular formula is C9H17NO3. The van der Waals surface area contributed by atoms with Crippen LogP contribution in [0, 0.1) is 0 Å². The van der Waals surface area contributed by atoms with Crippen molar-refractivity contribution in [3.05, 3.63) is 0 Å². The molecule has 0 atom stereocenters. The maximum Gasteiger partial charge on any atom is 0.407 e. The van der Waals surface area contributed by atoms with Gasteiger partial charge >= 0.3 is 6.09 Å². The molecule has 1 aliphatic carbocycles. The lowest BCUT2D eigenvalue weighted by Gasteiger charge is -2.32. The van der Waals surface area contributed by atoms with Crippen molar-refractivity contribution in [2.24, 2.45) is 0 Å². The van der Waals surface area contributed by atoms with Gasteiger partial charge in [-0.1, -0.05) is 0 Å². The topological polar surface area (TPSA) is 58.6 Å². The summed E-state index contributed by atoms with van der Waals surface area (Å²) in [7, 11) is 1.36. The molecule has 1 rings (SSSR count). The van der Waals surface area contributed by atoms with Gasteiger partial charge in [-0.25, -0.2) is 4.79 Å². The fraction of sp³-hybridized carbons (Fsp3) is 0.889. The molecule has 4 heteroatoms. The number of alkyl carbamates (subject to hydrolysis) is 1. The zero-order valence-electron chi connectivity index (χ0n) is 8.17. The Kier molecular flexibility index (Phi) is 3.14. The van der Waals surface area contributed by atoms with E-state index in [1.807, 2.05) is 6.92 Å². The Labute approximate surface area is 78.3 Å². The van der Waals surface area contributed by atoms with E-state index < -0.39 is 5.60 Å². The Hall–Kier alpha value is -0.770. The second-order valence-electron chi connectivity index (χ2n) is 3.91. The third-order valence-electron chi connectivity index (χ3n) is 2.57. The first-order valence-electron chi connectivity index (χ1n) is 4.60. The van der Waals surface area contributed by atoms with Crippen LogP contribution in [0.1, 0.15) is 32.6 Å². The smallest absolute Gasteiger partial charge is 0.407 e. The SMILES string of the molecule is COC(=O)N[C@H]1CC[C@@](C)(O)CC1. The van der Waals surface area contributed by atoms with Gasteiger partial charge in [0.05, 0.1) is 12.7 Å². The van der Waals surface area contributed by atoms with Gasteiger partial charge in [0.1, 0.15) is 0 Å². The summed E-state index contributed by atoms with van der Waals surface area (Å²) in [5.41, 5.74) is -0.547. The second-order valence-corrected chi connectivity index (χ2v) is 3.91. The number of hydrogen-bond donors (Lipinski definition) is 2. The van der Waals surface area contributed by atoms with Crippen molar-refractivity contribution in [2.75, 3.05) is 7.11 Å². The molecule has 0 saturated heterocycles. The monoisotopic (exact) mass is 187 g/mol. The van der Waals surface area contributed by atoms with E-state index in [4.69, 9.17) is 0 Å². The molecule has 0 aromatic carbocycles. The fourth-order valence-corrected chi connectivity index (χ4v) is 1.61. The van der Waals surface area contributed by atoms with Crippen LogP contribution >= 0.6 is 0 Å². The average molecular weight is 187 g/mol. The van der Waals surface area contributed by atoms with Gasteiger partial charge in [-0.15, -0.1) is 0 Å². The van der Waals surface area contributed by atoms with E-state index in [0.29, 0.717) is 0 Å². The molecule has 0 aliphatic heterocycles. The summed E-state index contributed by atoms with van der Waals surface area (Å²) in [5, 5.41) is 12.4. The number of carbonyl (C=O) groups is 1. The molecule has 0 radical (unpaired) electrons. The van der Waals surface area contributed by atoms with E-state index in [9.17, 15) is 9.90 Å². The van der Waals surface area contributed by atoms with Crippen LogP contribution in [0.5, 0.6) is 0 Å². The summed E-state index contributed by atoms with van der Waals surface area (Å²) in [6.45, 7) is 1.83. The van der Waals surface area contributed by atoms with Crippen LogP contribution in [0.15, 0.2) is 0 Å². The van der Waals surface area contributed by atoms with Gasteiger partial charge in [-0.05, 0) is 32.6 Å². The Balaban J connectivity index is 2.29. The minimum absolute atomic E-state index is 0.160. The standard InChI is InChI=1S/C9H17NO3/c1-9(12)5-3-7(4-6-9)10-8(11)13-2/h7,12H,3-6H2,1-2H3,(H,10,11)/t7-,9+. The number of amides is 1. The van der Waals surface area contributed by atoms with Gasteiger partial charge < -0.3 is 15.2 Å². The fourth-order valence-electron chi connectivity index (χ4n) is 1.61. The number of rotatable bonds is 1. The van der Waals surface area contributed by atoms with E-state index in [0.717, 1.165) is 25.7 Å². The molecule has 0 bridgehead atoms. The van der Waals surface area contributed by atoms with Crippen LogP contribution in [0.2, 0.25) is 0 Å². The van der Waals surface area contributed by atoms with Crippen molar-refractivity contribution >= 4 is 6.09 Å². The zero-order chi connectivity index (χ0) is 9.90. The van der Waals surface area contributed by atoms with Crippen molar-refractivity contribution in [1.82, 2.24) is 5.32 Å². The molecule has 1 amide bonds. The average Bonchev–Trinajstić information content (AvgIpc) is 2.08. The largest absolute Gasteiger partial charge is 0.453 e. The van der Waals surface area contributed by atoms with Crippen molar-refractivity contribution in [3.8, 4) is 0 Å². The van der Waals surface area contributed by atoms with E-state index in [1.54, 1.807) is 0 Å². The quantitative estimate of drug-likeness (QED) is 0.644. The molecular weight excluding hydrogens is 170 g/mol. The van der Waals surface area contributed by atoms with Crippen molar-refractivity contribution in [3.63, 3.8) is 0 Å². The van der Waals surface area contributed by atoms with E-state index in [1.165, 1.54) is 7.11 Å². The molecule has 76 valence electrons. The molecule has 0 heterocycles. The highest BCUT2D eigenvalue weighted by Crippen LogP contribution is 2.27. The van der Waals surface area contributed by atoms with E-state index in [2.05, 4.69) is 10.1 Å². The Morgan fingerprint density at radius 3 is 2.54 bits per heavy atom. The summed E-state index contributed by atoms with van der Waals surface area (Å²) < 4.78 is 4.49. The van der Waals surface area contributed by atoms with Crippen LogP contribution in [0.3, 0.4) is 0 Å². The lowest BCUT2D eigenvalue weighted by atomic mass is 9.84. The highest BCUT2D eigenvalue weighted by atomic mass is 16.5. The minimum Gasteiger partial charge on any atom is -0.453 e. The van der Waals surface area contributed by atoms with Crippen LogP contribution < -0.4 is 5.32 Å². The maximum absolute atomic E-state index is 10.8. The molecule has 13 heavy (non-hydrogen) atoms. The second kappa shape index (κ2) is 3.96. The van der Waals surface area contributed by atoms with Crippen LogP contribution in [0.25, 0.3) is 0 Å². The molecule has 0 spiro atoms. The molecule has 1 aliphatic rings. The molecule has 0 unspecified atom stereocenters. The molecule has 1 saturated carbocycles. The first kappa shape index (κ1) is 10.3. The predicted molar refractivity (Wildman–Crippen MR) is 48.4 cm³/mol. The number of methoxy groups -OCH3 is 1. The van der Waals surface area contributed by atoms with Gasteiger partial charge in [-0.2, -0.15) is 0 Å². The lowest BCUT2D eigenvalue weighted by Crippen LogP contribution is -2.42. The lowest BCUT2D eigenvalue weighted by molar-refractivity contribution is 0.0141. The van der Waals surface area contributed by atoms with Gasteiger partial charge in [0, 0.05) is 6.04 Å². The normalized spacial score (nSPS) is 33.9. The predicted octanol–water partition coefficient (Wildman–Crippen LogP) is 1.04. The summed E-state index contributed by atoms with van der Waals surface area (Å²) in [6.07, 6.45) is 2.74. The van der Waals surface area contributed by atoms with Gasteiger partial charge in [0.15, 0.2) is 0 Å². The van der Waals surface area contributed by atoms with Crippen LogP contribution in [-0.4, -0.2) is 30.0 Å². The minimum atomic E-state index is -0.547. The van der Waals surface area contributed by atoms with E-state index >= 15 is 0 Å². The number of nitrogens with one attached hydrogen (secondary N) is 1. The van der Waals surface area contributed by atoms with Gasteiger partial charge in [-0.3, -0.25) is 0 Å². The van der Waals surface area contributed by atoms with Crippen LogP contribution in [-0.2, 0) is 4.74 Å². The van der Waals surface area contributed by atoms with E-state index in [-0.39, 0.29) is 12.1 Å². The van der Waals surface area contributed by atoms with Crippen LogP contribution in [0.4, 0.5) is 4.79 Å². The molecule has 0 aromatic heterocycles. The Bertz CT molecular complexity index is 181. The summed E-state index contributed by atoms with van der Waals surface area (Å²) in [6, 6.07) is 0.160. The third kappa shape index (κ3) is 3.22.